The lowest BCUT2D eigenvalue weighted by molar-refractivity contribution is 0.136. The van der Waals surface area contributed by atoms with Gasteiger partial charge >= 0.3 is 0 Å². The van der Waals surface area contributed by atoms with Crippen LogP contribution in [0.2, 0.25) is 0 Å². The molecule has 0 saturated heterocycles. The third kappa shape index (κ3) is 6.83. The number of unbranched alkanes of at least 4 members (excludes halogenated alkanes) is 3. The van der Waals surface area contributed by atoms with Gasteiger partial charge in [-0.1, -0.05) is 71.8 Å². The van der Waals surface area contributed by atoms with Crippen molar-refractivity contribution in [3.63, 3.8) is 0 Å². The highest BCUT2D eigenvalue weighted by Crippen LogP contribution is 2.45. The van der Waals surface area contributed by atoms with Crippen LogP contribution in [0, 0.1) is 23.7 Å². The van der Waals surface area contributed by atoms with Crippen LogP contribution in [0.25, 0.3) is 0 Å². The van der Waals surface area contributed by atoms with Crippen molar-refractivity contribution in [3.8, 4) is 0 Å². The minimum atomic E-state index is 0.630. The molecule has 2 aliphatic carbocycles. The van der Waals surface area contributed by atoms with Crippen LogP contribution < -0.4 is 0 Å². The topological polar surface area (TPSA) is 12.9 Å². The summed E-state index contributed by atoms with van der Waals surface area (Å²) in [5, 5.41) is 0. The molecule has 0 radical (unpaired) electrons. The molecule has 3 rings (SSSR count). The highest BCUT2D eigenvalue weighted by atomic mass is 14.7. The Morgan fingerprint density at radius 3 is 2.07 bits per heavy atom. The van der Waals surface area contributed by atoms with Gasteiger partial charge in [-0.05, 0) is 86.7 Å². The normalized spacial score (nSPS) is 28.9. The lowest BCUT2D eigenvalue weighted by Gasteiger charge is -2.39. The van der Waals surface area contributed by atoms with Gasteiger partial charge in [0.15, 0.2) is 0 Å². The summed E-state index contributed by atoms with van der Waals surface area (Å²) in [7, 11) is 0. The van der Waals surface area contributed by atoms with Gasteiger partial charge in [-0.3, -0.25) is 4.98 Å². The van der Waals surface area contributed by atoms with Crippen LogP contribution >= 0.6 is 0 Å². The second-order valence-corrected chi connectivity index (χ2v) is 10.4. The molecule has 1 aromatic heterocycles. The van der Waals surface area contributed by atoms with Crippen molar-refractivity contribution >= 4 is 0 Å². The Balaban J connectivity index is 1.40. The zero-order valence-electron chi connectivity index (χ0n) is 19.7. The van der Waals surface area contributed by atoms with E-state index in [1.54, 1.807) is 0 Å². The Labute approximate surface area is 181 Å². The van der Waals surface area contributed by atoms with Gasteiger partial charge < -0.3 is 0 Å². The summed E-state index contributed by atoms with van der Waals surface area (Å²) >= 11 is 0. The van der Waals surface area contributed by atoms with Crippen molar-refractivity contribution in [1.29, 1.82) is 0 Å². The molecule has 2 fully saturated rings. The number of rotatable bonds is 10. The minimum Gasteiger partial charge on any atom is -0.261 e. The molecule has 1 nitrogen and oxygen atoms in total. The second-order valence-electron chi connectivity index (χ2n) is 10.4. The first-order chi connectivity index (χ1) is 14.2. The van der Waals surface area contributed by atoms with Crippen molar-refractivity contribution < 1.29 is 0 Å². The average Bonchev–Trinajstić information content (AvgIpc) is 2.78. The second kappa shape index (κ2) is 12.1. The quantitative estimate of drug-likeness (QED) is 0.360. The van der Waals surface area contributed by atoms with Crippen molar-refractivity contribution in [3.05, 3.63) is 29.6 Å². The number of aryl methyl sites for hydroxylation is 1. The Bertz CT molecular complexity index is 546. The molecule has 164 valence electrons. The summed E-state index contributed by atoms with van der Waals surface area (Å²) in [5.41, 5.74) is 2.75. The number of aromatic nitrogens is 1. The van der Waals surface area contributed by atoms with Gasteiger partial charge in [0.1, 0.15) is 0 Å². The summed E-state index contributed by atoms with van der Waals surface area (Å²) in [6.45, 7) is 7.02. The molecule has 1 aromatic rings. The van der Waals surface area contributed by atoms with Crippen LogP contribution in [-0.4, -0.2) is 4.98 Å². The maximum absolute atomic E-state index is 4.85. The first kappa shape index (κ1) is 22.8. The number of hydrogen-bond donors (Lipinski definition) is 0. The predicted molar refractivity (Wildman–Crippen MR) is 126 cm³/mol. The largest absolute Gasteiger partial charge is 0.261 e. The predicted octanol–water partition coefficient (Wildman–Crippen LogP) is 8.72. The van der Waals surface area contributed by atoms with E-state index < -0.39 is 0 Å². The van der Waals surface area contributed by atoms with E-state index in [1.807, 2.05) is 0 Å². The van der Waals surface area contributed by atoms with Crippen LogP contribution in [0.4, 0.5) is 0 Å². The molecule has 29 heavy (non-hydrogen) atoms. The third-order valence-electron chi connectivity index (χ3n) is 8.43. The van der Waals surface area contributed by atoms with E-state index in [-0.39, 0.29) is 0 Å². The molecule has 1 atom stereocenters. The molecular formula is C28H47N. The van der Waals surface area contributed by atoms with Crippen molar-refractivity contribution in [2.45, 2.75) is 123 Å². The summed E-state index contributed by atoms with van der Waals surface area (Å²) in [4.78, 5) is 4.85. The van der Waals surface area contributed by atoms with E-state index in [2.05, 4.69) is 39.1 Å². The monoisotopic (exact) mass is 397 g/mol. The fourth-order valence-corrected chi connectivity index (χ4v) is 6.22. The van der Waals surface area contributed by atoms with E-state index in [1.165, 1.54) is 108 Å². The van der Waals surface area contributed by atoms with E-state index in [4.69, 9.17) is 4.98 Å². The molecule has 1 unspecified atom stereocenters. The SMILES string of the molecule is CCCCC[C@H]1CC[C@H](C2CCC(C(C)c3ccc(CCCC)cn3)CC2)CC1. The lowest BCUT2D eigenvalue weighted by Crippen LogP contribution is -2.27. The van der Waals surface area contributed by atoms with Gasteiger partial charge in [0, 0.05) is 17.8 Å². The summed E-state index contributed by atoms with van der Waals surface area (Å²) in [6.07, 6.45) is 23.6. The van der Waals surface area contributed by atoms with Crippen LogP contribution in [-0.2, 0) is 6.42 Å². The molecule has 0 spiro atoms. The van der Waals surface area contributed by atoms with E-state index >= 15 is 0 Å². The summed E-state index contributed by atoms with van der Waals surface area (Å²) in [6, 6.07) is 4.65. The maximum atomic E-state index is 4.85. The zero-order valence-corrected chi connectivity index (χ0v) is 19.7. The number of hydrogen-bond acceptors (Lipinski definition) is 1. The smallest absolute Gasteiger partial charge is 0.0434 e. The van der Waals surface area contributed by atoms with Gasteiger partial charge in [0.2, 0.25) is 0 Å². The van der Waals surface area contributed by atoms with Gasteiger partial charge in [0.25, 0.3) is 0 Å². The molecule has 0 N–H and O–H groups in total. The Morgan fingerprint density at radius 2 is 1.48 bits per heavy atom. The van der Waals surface area contributed by atoms with Gasteiger partial charge in [-0.15, -0.1) is 0 Å². The Kier molecular flexibility index (Phi) is 9.53. The van der Waals surface area contributed by atoms with Crippen LogP contribution in [0.15, 0.2) is 18.3 Å². The zero-order chi connectivity index (χ0) is 20.5. The molecule has 2 aliphatic rings. The van der Waals surface area contributed by atoms with Crippen LogP contribution in [0.5, 0.6) is 0 Å². The number of pyridine rings is 1. The summed E-state index contributed by atoms with van der Waals surface area (Å²) in [5.74, 6) is 4.61. The molecular weight excluding hydrogens is 350 g/mol. The van der Waals surface area contributed by atoms with E-state index in [0.29, 0.717) is 5.92 Å². The van der Waals surface area contributed by atoms with Gasteiger partial charge in [-0.2, -0.15) is 0 Å². The van der Waals surface area contributed by atoms with E-state index in [0.717, 1.165) is 23.7 Å². The lowest BCUT2D eigenvalue weighted by atomic mass is 9.67. The highest BCUT2D eigenvalue weighted by molar-refractivity contribution is 5.17. The first-order valence-electron chi connectivity index (χ1n) is 13.2. The Hall–Kier alpha value is -0.850. The standard InChI is InChI=1S/C28H47N/c1-4-6-8-10-23-11-14-26(15-12-23)27-18-16-25(17-19-27)22(3)28-20-13-24(21-29-28)9-7-5-2/h13,20-23,25-27H,4-12,14-19H2,1-3H3/t22?,23-,25?,26-,27?. The van der Waals surface area contributed by atoms with E-state index in [9.17, 15) is 0 Å². The highest BCUT2D eigenvalue weighted by Gasteiger charge is 2.32. The molecule has 0 aliphatic heterocycles. The fourth-order valence-electron chi connectivity index (χ4n) is 6.22. The molecule has 1 heterocycles. The minimum absolute atomic E-state index is 0.630. The maximum Gasteiger partial charge on any atom is 0.0434 e. The third-order valence-corrected chi connectivity index (χ3v) is 8.43. The van der Waals surface area contributed by atoms with Gasteiger partial charge in [-0.25, -0.2) is 0 Å². The number of nitrogens with zero attached hydrogens (tertiary/aromatic N) is 1. The first-order valence-corrected chi connectivity index (χ1v) is 13.2. The molecule has 0 aromatic carbocycles. The molecule has 0 amide bonds. The van der Waals surface area contributed by atoms with Crippen LogP contribution in [0.3, 0.4) is 0 Å². The van der Waals surface area contributed by atoms with Gasteiger partial charge in [0.05, 0.1) is 0 Å². The molecule has 1 heteroatoms. The average molecular weight is 398 g/mol. The van der Waals surface area contributed by atoms with Crippen LogP contribution in [0.1, 0.15) is 128 Å². The molecule has 0 bridgehead atoms. The fraction of sp³-hybridized carbons (Fsp3) is 0.821. The Morgan fingerprint density at radius 1 is 0.828 bits per heavy atom. The van der Waals surface area contributed by atoms with Crippen molar-refractivity contribution in [2.24, 2.45) is 23.7 Å². The van der Waals surface area contributed by atoms with Crippen molar-refractivity contribution in [1.82, 2.24) is 4.98 Å². The molecule has 2 saturated carbocycles. The van der Waals surface area contributed by atoms with Crippen molar-refractivity contribution in [2.75, 3.05) is 0 Å². The summed E-state index contributed by atoms with van der Waals surface area (Å²) < 4.78 is 0.